The summed E-state index contributed by atoms with van der Waals surface area (Å²) in [5, 5.41) is 13.2. The van der Waals surface area contributed by atoms with Crippen molar-refractivity contribution in [1.29, 1.82) is 0 Å². The molecule has 33 heavy (non-hydrogen) atoms. The van der Waals surface area contributed by atoms with Gasteiger partial charge in [0.2, 0.25) is 5.95 Å². The third-order valence-corrected chi connectivity index (χ3v) is 5.12. The number of amides is 4. The Balaban J connectivity index is 1.47. The molecule has 0 radical (unpaired) electrons. The highest BCUT2D eigenvalue weighted by Gasteiger charge is 2.11. The minimum atomic E-state index is -0.928. The molecule has 0 saturated heterocycles. The van der Waals surface area contributed by atoms with Crippen LogP contribution in [0.5, 0.6) is 0 Å². The smallest absolute Gasteiger partial charge is 0.327 e. The van der Waals surface area contributed by atoms with Gasteiger partial charge in [0.15, 0.2) is 0 Å². The predicted octanol–water partition coefficient (Wildman–Crippen LogP) is 3.38. The number of aryl methyl sites for hydroxylation is 2. The number of carbonyl (C=O) groups is 2. The summed E-state index contributed by atoms with van der Waals surface area (Å²) in [5.74, 6) is 1.13. The summed E-state index contributed by atoms with van der Waals surface area (Å²) in [7, 11) is 3.86. The van der Waals surface area contributed by atoms with Crippen LogP contribution in [0.4, 0.5) is 38.4 Å². The van der Waals surface area contributed by atoms with E-state index in [1.807, 2.05) is 54.1 Å². The molecule has 0 saturated carbocycles. The summed E-state index contributed by atoms with van der Waals surface area (Å²) in [6.45, 7) is 2.04. The van der Waals surface area contributed by atoms with E-state index in [2.05, 4.69) is 31.8 Å². The van der Waals surface area contributed by atoms with E-state index in [0.29, 0.717) is 17.5 Å². The summed E-state index contributed by atoms with van der Waals surface area (Å²) in [4.78, 5) is 33.1. The summed E-state index contributed by atoms with van der Waals surface area (Å²) in [6.07, 6.45) is 1.68. The van der Waals surface area contributed by atoms with Gasteiger partial charge in [-0.1, -0.05) is 0 Å². The van der Waals surface area contributed by atoms with Gasteiger partial charge in [0.1, 0.15) is 5.82 Å². The van der Waals surface area contributed by atoms with Crippen molar-refractivity contribution in [3.05, 3.63) is 60.4 Å². The van der Waals surface area contributed by atoms with Gasteiger partial charge >= 0.3 is 12.1 Å². The summed E-state index contributed by atoms with van der Waals surface area (Å²) >= 11 is 0. The van der Waals surface area contributed by atoms with E-state index in [1.54, 1.807) is 30.5 Å². The number of benzene rings is 2. The van der Waals surface area contributed by atoms with Crippen LogP contribution in [0.3, 0.4) is 0 Å². The van der Waals surface area contributed by atoms with Gasteiger partial charge < -0.3 is 21.3 Å². The lowest BCUT2D eigenvalue weighted by molar-refractivity contribution is 0.238. The van der Waals surface area contributed by atoms with Gasteiger partial charge in [-0.15, -0.1) is 0 Å². The Hall–Kier alpha value is -4.67. The Labute approximate surface area is 189 Å². The minimum absolute atomic E-state index is 0.418. The topological polar surface area (TPSA) is 143 Å². The molecule has 2 aromatic carbocycles. The van der Waals surface area contributed by atoms with Gasteiger partial charge in [0.25, 0.3) is 0 Å². The minimum Gasteiger partial charge on any atom is -0.351 e. The number of hydrogen-bond acceptors (Lipinski definition) is 7. The standard InChI is InChI=1S/C22H23N9O2/c1-13-17-9-8-16(12-18(17)29-31(13)3)30(2)19-10-11-24-21(27-19)25-14-4-6-15(7-5-14)26-22(33)28-20(23)32/h4-12H,1-3H3,(H,24,25,27)(H4,23,26,28,32,33). The quantitative estimate of drug-likeness (QED) is 0.369. The first kappa shape index (κ1) is 21.6. The number of anilines is 5. The molecular formula is C22H23N9O2. The molecule has 5 N–H and O–H groups in total. The fourth-order valence-corrected chi connectivity index (χ4v) is 3.30. The average molecular weight is 445 g/mol. The van der Waals surface area contributed by atoms with Crippen molar-refractivity contribution in [2.75, 3.05) is 22.6 Å². The number of rotatable bonds is 5. The maximum Gasteiger partial charge on any atom is 0.327 e. The third-order valence-electron chi connectivity index (χ3n) is 5.12. The lowest BCUT2D eigenvalue weighted by Gasteiger charge is -2.19. The number of nitrogens with one attached hydrogen (secondary N) is 3. The number of nitrogens with two attached hydrogens (primary N) is 1. The predicted molar refractivity (Wildman–Crippen MR) is 127 cm³/mol. The van der Waals surface area contributed by atoms with Gasteiger partial charge in [-0.3, -0.25) is 10.00 Å². The molecular weight excluding hydrogens is 422 g/mol. The molecule has 168 valence electrons. The van der Waals surface area contributed by atoms with Gasteiger partial charge in [-0.05, 0) is 55.5 Å². The van der Waals surface area contributed by atoms with E-state index in [1.165, 1.54) is 0 Å². The second-order valence-corrected chi connectivity index (χ2v) is 7.35. The van der Waals surface area contributed by atoms with Crippen molar-refractivity contribution in [1.82, 2.24) is 25.1 Å². The van der Waals surface area contributed by atoms with Gasteiger partial charge in [0, 0.05) is 48.4 Å². The molecule has 0 atom stereocenters. The molecule has 0 unspecified atom stereocenters. The van der Waals surface area contributed by atoms with E-state index in [4.69, 9.17) is 5.73 Å². The van der Waals surface area contributed by atoms with Crippen LogP contribution in [0, 0.1) is 6.92 Å². The van der Waals surface area contributed by atoms with E-state index in [0.717, 1.165) is 28.0 Å². The van der Waals surface area contributed by atoms with Crippen LogP contribution in [0.15, 0.2) is 54.7 Å². The number of fused-ring (bicyclic) bond motifs is 1. The molecule has 11 nitrogen and oxygen atoms in total. The fourth-order valence-electron chi connectivity index (χ4n) is 3.30. The van der Waals surface area contributed by atoms with Crippen molar-refractivity contribution in [3.8, 4) is 0 Å². The van der Waals surface area contributed by atoms with Crippen molar-refractivity contribution >= 4 is 51.8 Å². The number of primary amides is 1. The first-order valence-electron chi connectivity index (χ1n) is 10.0. The van der Waals surface area contributed by atoms with Gasteiger partial charge in [0.05, 0.1) is 5.52 Å². The lowest BCUT2D eigenvalue weighted by atomic mass is 10.2. The van der Waals surface area contributed by atoms with E-state index < -0.39 is 12.1 Å². The van der Waals surface area contributed by atoms with Crippen LogP contribution >= 0.6 is 0 Å². The number of urea groups is 2. The fraction of sp³-hybridized carbons (Fsp3) is 0.136. The number of imide groups is 1. The molecule has 0 spiro atoms. The molecule has 4 aromatic rings. The van der Waals surface area contributed by atoms with Crippen LogP contribution in [0.1, 0.15) is 5.69 Å². The number of hydrogen-bond donors (Lipinski definition) is 4. The van der Waals surface area contributed by atoms with Crippen molar-refractivity contribution < 1.29 is 9.59 Å². The molecule has 0 aliphatic heterocycles. The average Bonchev–Trinajstić information content (AvgIpc) is 3.07. The molecule has 0 aliphatic rings. The van der Waals surface area contributed by atoms with Crippen LogP contribution in [-0.2, 0) is 7.05 Å². The summed E-state index contributed by atoms with van der Waals surface area (Å²) in [5.41, 5.74) is 9.12. The molecule has 2 heterocycles. The zero-order valence-corrected chi connectivity index (χ0v) is 18.3. The molecule has 2 aromatic heterocycles. The van der Waals surface area contributed by atoms with Crippen molar-refractivity contribution in [2.45, 2.75) is 6.92 Å². The number of carbonyl (C=O) groups excluding carboxylic acids is 2. The van der Waals surface area contributed by atoms with E-state index in [9.17, 15) is 9.59 Å². The maximum atomic E-state index is 11.5. The molecule has 4 amide bonds. The Kier molecular flexibility index (Phi) is 5.77. The zero-order valence-electron chi connectivity index (χ0n) is 18.3. The number of aromatic nitrogens is 4. The Morgan fingerprint density at radius 1 is 1.06 bits per heavy atom. The van der Waals surface area contributed by atoms with Gasteiger partial charge in [-0.2, -0.15) is 10.1 Å². The Bertz CT molecular complexity index is 1330. The van der Waals surface area contributed by atoms with E-state index >= 15 is 0 Å². The Morgan fingerprint density at radius 3 is 2.52 bits per heavy atom. The second-order valence-electron chi connectivity index (χ2n) is 7.35. The maximum absolute atomic E-state index is 11.5. The van der Waals surface area contributed by atoms with E-state index in [-0.39, 0.29) is 0 Å². The van der Waals surface area contributed by atoms with Crippen LogP contribution in [-0.4, -0.2) is 38.9 Å². The zero-order chi connectivity index (χ0) is 23.5. The normalized spacial score (nSPS) is 10.6. The number of nitrogens with zero attached hydrogens (tertiary/aromatic N) is 5. The van der Waals surface area contributed by atoms with Gasteiger partial charge in [-0.25, -0.2) is 14.6 Å². The molecule has 11 heteroatoms. The second kappa shape index (κ2) is 8.83. The third kappa shape index (κ3) is 4.82. The first-order chi connectivity index (χ1) is 15.8. The van der Waals surface area contributed by atoms with Crippen molar-refractivity contribution in [2.24, 2.45) is 12.8 Å². The highest BCUT2D eigenvalue weighted by Crippen LogP contribution is 2.27. The highest BCUT2D eigenvalue weighted by atomic mass is 16.2. The first-order valence-corrected chi connectivity index (χ1v) is 10.0. The van der Waals surface area contributed by atoms with Crippen molar-refractivity contribution in [3.63, 3.8) is 0 Å². The van der Waals surface area contributed by atoms with Crippen LogP contribution < -0.4 is 26.6 Å². The molecule has 0 bridgehead atoms. The Morgan fingerprint density at radius 2 is 1.79 bits per heavy atom. The SMILES string of the molecule is Cc1c2ccc(N(C)c3ccnc(Nc4ccc(NC(=O)NC(N)=O)cc4)n3)cc2nn1C. The monoisotopic (exact) mass is 445 g/mol. The van der Waals surface area contributed by atoms with Crippen LogP contribution in [0.2, 0.25) is 0 Å². The highest BCUT2D eigenvalue weighted by molar-refractivity contribution is 6.00. The molecule has 0 fully saturated rings. The lowest BCUT2D eigenvalue weighted by Crippen LogP contribution is -2.38. The largest absolute Gasteiger partial charge is 0.351 e. The summed E-state index contributed by atoms with van der Waals surface area (Å²) < 4.78 is 1.87. The summed E-state index contributed by atoms with van der Waals surface area (Å²) in [6, 6.07) is 13.1. The van der Waals surface area contributed by atoms with Crippen LogP contribution in [0.25, 0.3) is 10.9 Å². The molecule has 0 aliphatic carbocycles. The molecule has 4 rings (SSSR count).